The number of benzene rings is 2. The first-order valence-electron chi connectivity index (χ1n) is 6.90. The highest BCUT2D eigenvalue weighted by Gasteiger charge is 2.19. The molecule has 0 aromatic heterocycles. The van der Waals surface area contributed by atoms with Crippen LogP contribution in [0.5, 0.6) is 0 Å². The maximum absolute atomic E-state index is 12.7. The van der Waals surface area contributed by atoms with Gasteiger partial charge in [-0.05, 0) is 49.6 Å². The lowest BCUT2D eigenvalue weighted by atomic mass is 10.3. The summed E-state index contributed by atoms with van der Waals surface area (Å²) in [4.78, 5) is 12.9. The SMILES string of the molecule is CSc1cccc(S(=O)(=O)c2cccc(NC(=O)C(C)N)c2)c1. The molecule has 0 fully saturated rings. The fourth-order valence-electron chi connectivity index (χ4n) is 1.90. The lowest BCUT2D eigenvalue weighted by Gasteiger charge is -2.10. The Kier molecular flexibility index (Phi) is 5.46. The number of carbonyl (C=O) groups excluding carboxylic acids is 1. The second-order valence-corrected chi connectivity index (χ2v) is 7.82. The first kappa shape index (κ1) is 17.5. The van der Waals surface area contributed by atoms with Crippen LogP contribution < -0.4 is 11.1 Å². The number of hydrogen-bond acceptors (Lipinski definition) is 5. The van der Waals surface area contributed by atoms with Crippen LogP contribution in [-0.4, -0.2) is 26.6 Å². The quantitative estimate of drug-likeness (QED) is 0.809. The molecule has 2 aromatic rings. The third kappa shape index (κ3) is 4.13. The van der Waals surface area contributed by atoms with Gasteiger partial charge in [-0.1, -0.05) is 12.1 Å². The molecule has 122 valence electrons. The molecule has 2 aromatic carbocycles. The maximum Gasteiger partial charge on any atom is 0.240 e. The van der Waals surface area contributed by atoms with Gasteiger partial charge in [0.1, 0.15) is 0 Å². The lowest BCUT2D eigenvalue weighted by Crippen LogP contribution is -2.32. The maximum atomic E-state index is 12.7. The van der Waals surface area contributed by atoms with Crippen molar-refractivity contribution in [2.75, 3.05) is 11.6 Å². The molecular formula is C16H18N2O3S2. The molecule has 0 aliphatic heterocycles. The molecule has 0 heterocycles. The number of amides is 1. The van der Waals surface area contributed by atoms with Crippen molar-refractivity contribution in [1.82, 2.24) is 0 Å². The van der Waals surface area contributed by atoms with Crippen molar-refractivity contribution in [2.45, 2.75) is 27.7 Å². The van der Waals surface area contributed by atoms with Crippen LogP contribution >= 0.6 is 11.8 Å². The predicted octanol–water partition coefficient (Wildman–Crippen LogP) is 2.53. The molecule has 2 rings (SSSR count). The molecule has 0 saturated heterocycles. The second-order valence-electron chi connectivity index (χ2n) is 4.99. The van der Waals surface area contributed by atoms with Crippen molar-refractivity contribution in [3.05, 3.63) is 48.5 Å². The first-order chi connectivity index (χ1) is 10.8. The van der Waals surface area contributed by atoms with Gasteiger partial charge in [-0.3, -0.25) is 4.79 Å². The number of rotatable bonds is 5. The average molecular weight is 350 g/mol. The molecule has 1 unspecified atom stereocenters. The fourth-order valence-corrected chi connectivity index (χ4v) is 3.79. The number of nitrogens with one attached hydrogen (secondary N) is 1. The smallest absolute Gasteiger partial charge is 0.240 e. The molecule has 23 heavy (non-hydrogen) atoms. The van der Waals surface area contributed by atoms with E-state index in [0.717, 1.165) is 4.90 Å². The van der Waals surface area contributed by atoms with E-state index in [4.69, 9.17) is 5.73 Å². The summed E-state index contributed by atoms with van der Waals surface area (Å²) in [6.07, 6.45) is 1.88. The Labute approximate surface area is 140 Å². The van der Waals surface area contributed by atoms with Crippen molar-refractivity contribution >= 4 is 33.2 Å². The normalized spacial score (nSPS) is 12.7. The van der Waals surface area contributed by atoms with Gasteiger partial charge in [0.2, 0.25) is 15.7 Å². The van der Waals surface area contributed by atoms with Gasteiger partial charge in [0, 0.05) is 10.6 Å². The van der Waals surface area contributed by atoms with E-state index in [1.807, 2.05) is 12.3 Å². The highest BCUT2D eigenvalue weighted by Crippen LogP contribution is 2.26. The molecular weight excluding hydrogens is 332 g/mol. The molecule has 1 amide bonds. The van der Waals surface area contributed by atoms with Crippen molar-refractivity contribution in [2.24, 2.45) is 5.73 Å². The highest BCUT2D eigenvalue weighted by atomic mass is 32.2. The van der Waals surface area contributed by atoms with E-state index in [-0.39, 0.29) is 15.7 Å². The van der Waals surface area contributed by atoms with Crippen LogP contribution in [0, 0.1) is 0 Å². The number of nitrogens with two attached hydrogens (primary N) is 1. The van der Waals surface area contributed by atoms with Gasteiger partial charge in [0.15, 0.2) is 0 Å². The zero-order valence-electron chi connectivity index (χ0n) is 12.8. The van der Waals surface area contributed by atoms with Gasteiger partial charge in [-0.2, -0.15) is 0 Å². The summed E-state index contributed by atoms with van der Waals surface area (Å²) in [5.74, 6) is -0.371. The second kappa shape index (κ2) is 7.16. The zero-order chi connectivity index (χ0) is 17.0. The van der Waals surface area contributed by atoms with Gasteiger partial charge >= 0.3 is 0 Å². The Hall–Kier alpha value is -1.83. The third-order valence-electron chi connectivity index (χ3n) is 3.18. The van der Waals surface area contributed by atoms with Crippen LogP contribution in [0.15, 0.2) is 63.2 Å². The Morgan fingerprint density at radius 3 is 2.35 bits per heavy atom. The molecule has 0 aliphatic rings. The summed E-state index contributed by atoms with van der Waals surface area (Å²) in [6.45, 7) is 1.56. The number of carbonyl (C=O) groups is 1. The van der Waals surface area contributed by atoms with E-state index < -0.39 is 15.9 Å². The fraction of sp³-hybridized carbons (Fsp3) is 0.188. The molecule has 7 heteroatoms. The number of thioether (sulfide) groups is 1. The van der Waals surface area contributed by atoms with Crippen molar-refractivity contribution in [1.29, 1.82) is 0 Å². The highest BCUT2D eigenvalue weighted by molar-refractivity contribution is 7.98. The predicted molar refractivity (Wildman–Crippen MR) is 92.4 cm³/mol. The van der Waals surface area contributed by atoms with E-state index in [1.165, 1.54) is 23.9 Å². The summed E-state index contributed by atoms with van der Waals surface area (Å²) >= 11 is 1.47. The largest absolute Gasteiger partial charge is 0.325 e. The van der Waals surface area contributed by atoms with Gasteiger partial charge < -0.3 is 11.1 Å². The Morgan fingerprint density at radius 1 is 1.13 bits per heavy atom. The molecule has 5 nitrogen and oxygen atoms in total. The minimum absolute atomic E-state index is 0.123. The monoisotopic (exact) mass is 350 g/mol. The Morgan fingerprint density at radius 2 is 1.74 bits per heavy atom. The standard InChI is InChI=1S/C16H18N2O3S2/c1-11(17)16(19)18-12-5-3-7-14(9-12)23(20,21)15-8-4-6-13(10-15)22-2/h3-11H,17H2,1-2H3,(H,18,19). The number of sulfone groups is 1. The molecule has 0 spiro atoms. The minimum atomic E-state index is -3.65. The van der Waals surface area contributed by atoms with Gasteiger partial charge in [-0.15, -0.1) is 11.8 Å². The summed E-state index contributed by atoms with van der Waals surface area (Å²) in [5.41, 5.74) is 5.90. The molecule has 0 bridgehead atoms. The first-order valence-corrected chi connectivity index (χ1v) is 9.61. The van der Waals surface area contributed by atoms with Crippen molar-refractivity contribution < 1.29 is 13.2 Å². The lowest BCUT2D eigenvalue weighted by molar-refractivity contribution is -0.117. The van der Waals surface area contributed by atoms with E-state index in [0.29, 0.717) is 5.69 Å². The van der Waals surface area contributed by atoms with Crippen LogP contribution in [0.4, 0.5) is 5.69 Å². The topological polar surface area (TPSA) is 89.3 Å². The van der Waals surface area contributed by atoms with Crippen LogP contribution in [-0.2, 0) is 14.6 Å². The third-order valence-corrected chi connectivity index (χ3v) is 5.65. The van der Waals surface area contributed by atoms with Gasteiger partial charge in [-0.25, -0.2) is 8.42 Å². The van der Waals surface area contributed by atoms with Crippen LogP contribution in [0.2, 0.25) is 0 Å². The van der Waals surface area contributed by atoms with Crippen LogP contribution in [0.1, 0.15) is 6.92 Å². The van der Waals surface area contributed by atoms with Gasteiger partial charge in [0.05, 0.1) is 15.8 Å². The Balaban J connectivity index is 2.38. The van der Waals surface area contributed by atoms with E-state index >= 15 is 0 Å². The van der Waals surface area contributed by atoms with Gasteiger partial charge in [0.25, 0.3) is 0 Å². The minimum Gasteiger partial charge on any atom is -0.325 e. The summed E-state index contributed by atoms with van der Waals surface area (Å²) in [7, 11) is -3.65. The molecule has 3 N–H and O–H groups in total. The number of hydrogen-bond donors (Lipinski definition) is 2. The summed E-state index contributed by atoms with van der Waals surface area (Å²) < 4.78 is 25.5. The molecule has 0 radical (unpaired) electrons. The molecule has 1 atom stereocenters. The number of anilines is 1. The van der Waals surface area contributed by atoms with Crippen molar-refractivity contribution in [3.8, 4) is 0 Å². The van der Waals surface area contributed by atoms with E-state index in [9.17, 15) is 13.2 Å². The van der Waals surface area contributed by atoms with Crippen LogP contribution in [0.3, 0.4) is 0 Å². The van der Waals surface area contributed by atoms with E-state index in [1.54, 1.807) is 37.3 Å². The Bertz CT molecular complexity index is 818. The van der Waals surface area contributed by atoms with Crippen LogP contribution in [0.25, 0.3) is 0 Å². The summed E-state index contributed by atoms with van der Waals surface area (Å²) in [6, 6.07) is 12.2. The molecule has 0 aliphatic carbocycles. The summed E-state index contributed by atoms with van der Waals surface area (Å²) in [5, 5.41) is 2.60. The van der Waals surface area contributed by atoms with Crippen molar-refractivity contribution in [3.63, 3.8) is 0 Å². The van der Waals surface area contributed by atoms with E-state index in [2.05, 4.69) is 5.32 Å². The average Bonchev–Trinajstić information content (AvgIpc) is 2.55. The zero-order valence-corrected chi connectivity index (χ0v) is 14.4. The molecule has 0 saturated carbocycles.